The highest BCUT2D eigenvalue weighted by Crippen LogP contribution is 2.24. The monoisotopic (exact) mass is 728 g/mol. The van der Waals surface area contributed by atoms with E-state index >= 15 is 0 Å². The third-order valence-electron chi connectivity index (χ3n) is 7.67. The molecule has 17 heteroatoms. The highest BCUT2D eigenvalue weighted by Gasteiger charge is 2.23. The Hall–Kier alpha value is -4.27. The first-order valence-electron chi connectivity index (χ1n) is 15.8. The molecule has 49 heavy (non-hydrogen) atoms. The fourth-order valence-electron chi connectivity index (χ4n) is 4.94. The third kappa shape index (κ3) is 10.9. The molecule has 2 unspecified atom stereocenters. The van der Waals surface area contributed by atoms with Crippen LogP contribution in [0.4, 0.5) is 23.5 Å². The quantitative estimate of drug-likeness (QED) is 0.183. The Balaban J connectivity index is 0.000000193. The number of carbonyl (C=O) groups excluding carboxylic acids is 2. The molecular weight excluding hydrogens is 691 g/mol. The van der Waals surface area contributed by atoms with Crippen LogP contribution in [0.2, 0.25) is 0 Å². The van der Waals surface area contributed by atoms with E-state index in [-0.39, 0.29) is 5.91 Å². The number of alkyl halides is 2. The van der Waals surface area contributed by atoms with Gasteiger partial charge < -0.3 is 20.9 Å². The van der Waals surface area contributed by atoms with Gasteiger partial charge in [-0.15, -0.1) is 23.2 Å². The molecule has 0 aliphatic carbocycles. The minimum atomic E-state index is -0.631. The fraction of sp³-hybridized carbons (Fsp3) is 0.438. The summed E-state index contributed by atoms with van der Waals surface area (Å²) in [6.45, 7) is 9.51. The van der Waals surface area contributed by atoms with E-state index in [4.69, 9.17) is 40.5 Å². The summed E-state index contributed by atoms with van der Waals surface area (Å²) in [6.07, 6.45) is 14.8. The molecule has 6 heterocycles. The van der Waals surface area contributed by atoms with Crippen LogP contribution in [0.15, 0.2) is 49.3 Å². The van der Waals surface area contributed by atoms with Gasteiger partial charge in [-0.3, -0.25) is 9.59 Å². The van der Waals surface area contributed by atoms with Gasteiger partial charge in [0.05, 0.1) is 11.1 Å². The van der Waals surface area contributed by atoms with Gasteiger partial charge in [0.1, 0.15) is 22.4 Å². The molecule has 14 nitrogen and oxygen atoms in total. The first kappa shape index (κ1) is 37.5. The maximum atomic E-state index is 11.6. The number of anilines is 4. The maximum Gasteiger partial charge on any atom is 0.243 e. The van der Waals surface area contributed by atoms with E-state index in [1.165, 1.54) is 19.8 Å². The predicted octanol–water partition coefficient (Wildman–Crippen LogP) is 5.37. The lowest BCUT2D eigenvalue weighted by Gasteiger charge is -2.20. The maximum absolute atomic E-state index is 11.6. The van der Waals surface area contributed by atoms with Gasteiger partial charge in [0.15, 0.2) is 11.6 Å². The zero-order valence-electron chi connectivity index (χ0n) is 27.7. The Morgan fingerprint density at radius 2 is 1.22 bits per heavy atom. The van der Waals surface area contributed by atoms with Gasteiger partial charge in [0.2, 0.25) is 23.0 Å². The fourth-order valence-corrected chi connectivity index (χ4v) is 4.99. The van der Waals surface area contributed by atoms with E-state index in [2.05, 4.69) is 68.8 Å². The molecule has 4 aromatic heterocycles. The van der Waals surface area contributed by atoms with E-state index in [0.29, 0.717) is 40.9 Å². The van der Waals surface area contributed by atoms with Crippen molar-refractivity contribution in [2.75, 3.05) is 33.9 Å². The number of amides is 1. The predicted molar refractivity (Wildman–Crippen MR) is 193 cm³/mol. The Morgan fingerprint density at radius 1 is 0.776 bits per heavy atom. The summed E-state index contributed by atoms with van der Waals surface area (Å²) >= 11 is 15.7. The normalized spacial score (nSPS) is 18.0. The number of rotatable bonds is 7. The molecule has 0 saturated carbocycles. The van der Waals surface area contributed by atoms with E-state index in [1.54, 1.807) is 56.2 Å². The summed E-state index contributed by atoms with van der Waals surface area (Å²) < 4.78 is 0. The van der Waals surface area contributed by atoms with Gasteiger partial charge in [-0.2, -0.15) is 0 Å². The molecule has 260 valence electrons. The van der Waals surface area contributed by atoms with Crippen LogP contribution in [0.3, 0.4) is 0 Å². The number of aromatic nitrogens is 8. The second kappa shape index (κ2) is 17.9. The van der Waals surface area contributed by atoms with Gasteiger partial charge in [-0.05, 0) is 77.1 Å². The minimum Gasteiger partial charge on any atom is -0.384 e. The van der Waals surface area contributed by atoms with Crippen LogP contribution >= 0.6 is 34.8 Å². The number of nitrogens with zero attached hydrogens (tertiary/aromatic N) is 10. The first-order valence-corrected chi connectivity index (χ1v) is 17.1. The van der Waals surface area contributed by atoms with Crippen LogP contribution in [0.25, 0.3) is 22.8 Å². The second-order valence-electron chi connectivity index (χ2n) is 11.5. The summed E-state index contributed by atoms with van der Waals surface area (Å²) in [6, 6.07) is 4.24. The Morgan fingerprint density at radius 3 is 1.61 bits per heavy atom. The number of nitrogen functional groups attached to an aromatic ring is 1. The highest BCUT2D eigenvalue weighted by molar-refractivity contribution is 6.69. The van der Waals surface area contributed by atoms with Gasteiger partial charge in [0, 0.05) is 62.4 Å². The van der Waals surface area contributed by atoms with Gasteiger partial charge in [0.25, 0.3) is 0 Å². The van der Waals surface area contributed by atoms with Gasteiger partial charge in [-0.25, -0.2) is 39.9 Å². The lowest BCUT2D eigenvalue weighted by molar-refractivity contribution is -0.115. The van der Waals surface area contributed by atoms with Crippen LogP contribution in [-0.4, -0.2) is 86.9 Å². The average molecular weight is 730 g/mol. The van der Waals surface area contributed by atoms with Gasteiger partial charge >= 0.3 is 0 Å². The number of nitrogens with two attached hydrogens (primary N) is 1. The molecule has 0 spiro atoms. The Labute approximate surface area is 300 Å². The van der Waals surface area contributed by atoms with E-state index in [0.717, 1.165) is 43.4 Å². The summed E-state index contributed by atoms with van der Waals surface area (Å²) in [5.41, 5.74) is 7.12. The van der Waals surface area contributed by atoms with E-state index < -0.39 is 16.0 Å². The molecule has 0 radical (unpaired) electrons. The van der Waals surface area contributed by atoms with Crippen molar-refractivity contribution >= 4 is 69.5 Å². The van der Waals surface area contributed by atoms with Crippen LogP contribution in [-0.2, 0) is 9.59 Å². The van der Waals surface area contributed by atoms with Crippen LogP contribution in [0.1, 0.15) is 53.4 Å². The highest BCUT2D eigenvalue weighted by atomic mass is 35.5. The summed E-state index contributed by atoms with van der Waals surface area (Å²) in [5.74, 6) is 3.05. The zero-order valence-corrected chi connectivity index (χ0v) is 29.9. The smallest absolute Gasteiger partial charge is 0.243 e. The van der Waals surface area contributed by atoms with Crippen molar-refractivity contribution < 1.29 is 9.59 Å². The SMILES string of the molecule is CC(Cl)C(=O)Cl.CC(Cl)C(=O)Nc1ccnc(-c2cnc(N3CCC[C@@H]3C)nc2)n1.C[C@H]1CCCN1c1ncc(-c2nccc(N)n2)cn1. The molecule has 2 saturated heterocycles. The van der Waals surface area contributed by atoms with Crippen LogP contribution < -0.4 is 20.9 Å². The van der Waals surface area contributed by atoms with Gasteiger partial charge in [-0.1, -0.05) is 0 Å². The topological polar surface area (TPSA) is 182 Å². The standard InChI is InChI=1S/C16H19ClN6O.C13H16N6.C3H4Cl2O/c1-10-4-3-7-23(10)16-19-8-12(9-20-16)14-18-6-5-13(21-14)22-15(24)11(2)17;1-9-3-2-6-19(9)13-16-7-10(8-17-13)12-15-5-4-11(14)18-12;1-2(4)3(5)6/h5-6,8-11H,3-4,7H2,1-2H3,(H,18,21,22,24);4-5,7-9H,2-3,6H2,1H3,(H2,14,15,18);2H,1H3/t10-,11?;9-;/m00./s1. The molecule has 4 aromatic rings. The lowest BCUT2D eigenvalue weighted by Crippen LogP contribution is -2.28. The Kier molecular flexibility index (Phi) is 13.7. The largest absolute Gasteiger partial charge is 0.384 e. The molecule has 0 bridgehead atoms. The summed E-state index contributed by atoms with van der Waals surface area (Å²) in [5, 5.41) is 0.959. The molecule has 1 amide bonds. The van der Waals surface area contributed by atoms with Crippen molar-refractivity contribution in [1.82, 2.24) is 39.9 Å². The van der Waals surface area contributed by atoms with Crippen molar-refractivity contribution in [2.45, 2.75) is 76.2 Å². The Bertz CT molecular complexity index is 1680. The average Bonchev–Trinajstić information content (AvgIpc) is 3.73. The molecular formula is C32H39Cl3N12O2. The molecule has 2 aliphatic rings. The van der Waals surface area contributed by atoms with Crippen molar-refractivity contribution in [3.63, 3.8) is 0 Å². The van der Waals surface area contributed by atoms with Crippen molar-refractivity contribution in [3.05, 3.63) is 49.3 Å². The molecule has 3 N–H and O–H groups in total. The number of carbonyl (C=O) groups is 2. The lowest BCUT2D eigenvalue weighted by atomic mass is 10.2. The minimum absolute atomic E-state index is 0.309. The van der Waals surface area contributed by atoms with Crippen LogP contribution in [0, 0.1) is 0 Å². The molecule has 6 rings (SSSR count). The summed E-state index contributed by atoms with van der Waals surface area (Å²) in [4.78, 5) is 60.4. The molecule has 4 atom stereocenters. The number of hydrogen-bond acceptors (Lipinski definition) is 13. The van der Waals surface area contributed by atoms with Crippen molar-refractivity contribution in [1.29, 1.82) is 0 Å². The van der Waals surface area contributed by atoms with Crippen molar-refractivity contribution in [3.8, 4) is 22.8 Å². The van der Waals surface area contributed by atoms with Crippen molar-refractivity contribution in [2.24, 2.45) is 0 Å². The zero-order chi connectivity index (χ0) is 35.5. The second-order valence-corrected chi connectivity index (χ2v) is 13.2. The number of nitrogens with one attached hydrogen (secondary N) is 1. The number of hydrogen-bond donors (Lipinski definition) is 2. The molecule has 2 fully saturated rings. The number of halogens is 3. The molecule has 0 aromatic carbocycles. The first-order chi connectivity index (χ1) is 23.4. The van der Waals surface area contributed by atoms with E-state index in [1.807, 2.05) is 0 Å². The van der Waals surface area contributed by atoms with Crippen LogP contribution in [0.5, 0.6) is 0 Å². The van der Waals surface area contributed by atoms with E-state index in [9.17, 15) is 9.59 Å². The third-order valence-corrected chi connectivity index (χ3v) is 8.51. The molecule has 2 aliphatic heterocycles. The summed E-state index contributed by atoms with van der Waals surface area (Å²) in [7, 11) is 0.